The Bertz CT molecular complexity index is 969. The second-order valence-electron chi connectivity index (χ2n) is 6.51. The van der Waals surface area contributed by atoms with Crippen LogP contribution in [0.25, 0.3) is 0 Å². The van der Waals surface area contributed by atoms with Gasteiger partial charge in [0.2, 0.25) is 0 Å². The van der Waals surface area contributed by atoms with Crippen molar-refractivity contribution in [3.05, 3.63) is 59.7 Å². The molecule has 3 rings (SSSR count). The summed E-state index contributed by atoms with van der Waals surface area (Å²) in [6.45, 7) is 1.49. The Hall–Kier alpha value is -3.54. The Morgan fingerprint density at radius 3 is 2.54 bits per heavy atom. The van der Waals surface area contributed by atoms with Gasteiger partial charge < -0.3 is 10.6 Å². The first-order valence-corrected chi connectivity index (χ1v) is 8.21. The minimum atomic E-state index is -4.73. The van der Waals surface area contributed by atoms with E-state index in [1.807, 2.05) is 0 Å². The number of para-hydroxylation sites is 1. The van der Waals surface area contributed by atoms with E-state index in [4.69, 9.17) is 5.26 Å². The molecule has 1 aliphatic heterocycles. The van der Waals surface area contributed by atoms with E-state index in [9.17, 15) is 22.8 Å². The number of amides is 3. The van der Waals surface area contributed by atoms with Crippen LogP contribution in [-0.2, 0) is 11.0 Å². The van der Waals surface area contributed by atoms with Crippen LogP contribution in [0.15, 0.2) is 48.5 Å². The second-order valence-corrected chi connectivity index (χ2v) is 6.51. The average molecular weight is 388 g/mol. The van der Waals surface area contributed by atoms with Crippen LogP contribution >= 0.6 is 0 Å². The fourth-order valence-corrected chi connectivity index (χ4v) is 2.90. The Kier molecular flexibility index (Phi) is 4.73. The molecule has 1 heterocycles. The number of nitrogens with one attached hydrogen (secondary N) is 2. The summed E-state index contributed by atoms with van der Waals surface area (Å²) >= 11 is 0. The van der Waals surface area contributed by atoms with Crippen molar-refractivity contribution in [1.29, 1.82) is 5.26 Å². The molecule has 0 bridgehead atoms. The van der Waals surface area contributed by atoms with E-state index in [0.29, 0.717) is 11.8 Å². The fourth-order valence-electron chi connectivity index (χ4n) is 2.90. The standard InChI is InChI=1S/C19H15F3N4O2/c1-18(11-26(17(28)25-18)14-5-3-2-4-6-14)16(27)24-13-8-7-12(10-23)15(9-13)19(20,21)22/h2-9H,11H2,1H3,(H,24,27)(H,25,28). The zero-order chi connectivity index (χ0) is 20.5. The number of hydrogen-bond acceptors (Lipinski definition) is 3. The fraction of sp³-hybridized carbons (Fsp3) is 0.211. The monoisotopic (exact) mass is 388 g/mol. The van der Waals surface area contributed by atoms with E-state index >= 15 is 0 Å². The molecule has 1 saturated heterocycles. The van der Waals surface area contributed by atoms with Gasteiger partial charge in [0.1, 0.15) is 5.54 Å². The predicted molar refractivity (Wildman–Crippen MR) is 95.5 cm³/mol. The van der Waals surface area contributed by atoms with E-state index in [0.717, 1.165) is 6.07 Å². The number of anilines is 2. The molecule has 6 nitrogen and oxygen atoms in total. The van der Waals surface area contributed by atoms with Gasteiger partial charge in [-0.3, -0.25) is 9.69 Å². The molecule has 144 valence electrons. The smallest absolute Gasteiger partial charge is 0.324 e. The zero-order valence-electron chi connectivity index (χ0n) is 14.7. The third-order valence-corrected chi connectivity index (χ3v) is 4.37. The first kappa shape index (κ1) is 19.2. The molecule has 2 N–H and O–H groups in total. The number of nitriles is 1. The normalized spacial score (nSPS) is 19.1. The lowest BCUT2D eigenvalue weighted by atomic mass is 10.0. The highest BCUT2D eigenvalue weighted by Gasteiger charge is 2.45. The van der Waals surface area contributed by atoms with E-state index < -0.39 is 34.8 Å². The van der Waals surface area contributed by atoms with Crippen LogP contribution in [0.4, 0.5) is 29.3 Å². The van der Waals surface area contributed by atoms with Crippen molar-refractivity contribution in [2.45, 2.75) is 18.6 Å². The quantitative estimate of drug-likeness (QED) is 0.844. The second kappa shape index (κ2) is 6.88. The molecule has 0 saturated carbocycles. The van der Waals surface area contributed by atoms with Gasteiger partial charge in [0.05, 0.1) is 23.7 Å². The number of nitrogens with zero attached hydrogens (tertiary/aromatic N) is 2. The van der Waals surface area contributed by atoms with Gasteiger partial charge >= 0.3 is 12.2 Å². The summed E-state index contributed by atoms with van der Waals surface area (Å²) in [7, 11) is 0. The zero-order valence-corrected chi connectivity index (χ0v) is 14.7. The molecule has 2 aromatic carbocycles. The van der Waals surface area contributed by atoms with Crippen LogP contribution in [0.3, 0.4) is 0 Å². The molecule has 0 aromatic heterocycles. The highest BCUT2D eigenvalue weighted by atomic mass is 19.4. The molecular weight excluding hydrogens is 373 g/mol. The van der Waals surface area contributed by atoms with Crippen LogP contribution in [0.2, 0.25) is 0 Å². The van der Waals surface area contributed by atoms with Gasteiger partial charge in [0.25, 0.3) is 5.91 Å². The maximum absolute atomic E-state index is 13.1. The lowest BCUT2D eigenvalue weighted by Crippen LogP contribution is -2.51. The van der Waals surface area contributed by atoms with E-state index in [1.54, 1.807) is 30.3 Å². The van der Waals surface area contributed by atoms with Crippen LogP contribution in [0.5, 0.6) is 0 Å². The number of carbonyl (C=O) groups is 2. The van der Waals surface area contributed by atoms with Crippen LogP contribution in [0.1, 0.15) is 18.1 Å². The van der Waals surface area contributed by atoms with Crippen LogP contribution in [0, 0.1) is 11.3 Å². The highest BCUT2D eigenvalue weighted by molar-refractivity contribution is 6.06. The van der Waals surface area contributed by atoms with Gasteiger partial charge in [0, 0.05) is 11.4 Å². The number of alkyl halides is 3. The van der Waals surface area contributed by atoms with Crippen LogP contribution in [-0.4, -0.2) is 24.0 Å². The summed E-state index contributed by atoms with van der Waals surface area (Å²) in [5, 5.41) is 13.8. The van der Waals surface area contributed by atoms with E-state index in [1.165, 1.54) is 24.0 Å². The summed E-state index contributed by atoms with van der Waals surface area (Å²) in [6, 6.07) is 12.6. The number of benzene rings is 2. The molecule has 1 atom stereocenters. The first-order valence-electron chi connectivity index (χ1n) is 8.21. The lowest BCUT2D eigenvalue weighted by Gasteiger charge is -2.23. The van der Waals surface area contributed by atoms with Crippen molar-refractivity contribution in [3.8, 4) is 6.07 Å². The molecule has 1 aliphatic rings. The molecule has 0 aliphatic carbocycles. The van der Waals surface area contributed by atoms with Gasteiger partial charge in [-0.25, -0.2) is 4.79 Å². The average Bonchev–Trinajstić information content (AvgIpc) is 2.97. The van der Waals surface area contributed by atoms with Gasteiger partial charge in [0.15, 0.2) is 0 Å². The predicted octanol–water partition coefficient (Wildman–Crippen LogP) is 3.50. The van der Waals surface area contributed by atoms with E-state index in [2.05, 4.69) is 10.6 Å². The summed E-state index contributed by atoms with van der Waals surface area (Å²) in [4.78, 5) is 26.3. The first-order chi connectivity index (χ1) is 13.1. The molecule has 0 radical (unpaired) electrons. The van der Waals surface area contributed by atoms with Crippen LogP contribution < -0.4 is 15.5 Å². The molecular formula is C19H15F3N4O2. The van der Waals surface area contributed by atoms with E-state index in [-0.39, 0.29) is 12.2 Å². The van der Waals surface area contributed by atoms with Crippen molar-refractivity contribution in [3.63, 3.8) is 0 Å². The Morgan fingerprint density at radius 1 is 1.25 bits per heavy atom. The number of carbonyl (C=O) groups excluding carboxylic acids is 2. The number of hydrogen-bond donors (Lipinski definition) is 2. The number of rotatable bonds is 3. The summed E-state index contributed by atoms with van der Waals surface area (Å²) in [6.07, 6.45) is -4.73. The molecule has 0 spiro atoms. The topological polar surface area (TPSA) is 85.2 Å². The molecule has 2 aromatic rings. The number of urea groups is 1. The maximum Gasteiger partial charge on any atom is 0.417 e. The Morgan fingerprint density at radius 2 is 1.93 bits per heavy atom. The van der Waals surface area contributed by atoms with Crippen molar-refractivity contribution >= 4 is 23.3 Å². The van der Waals surface area contributed by atoms with Crippen molar-refractivity contribution in [2.75, 3.05) is 16.8 Å². The maximum atomic E-state index is 13.1. The minimum Gasteiger partial charge on any atom is -0.324 e. The SMILES string of the molecule is CC1(C(=O)Nc2ccc(C#N)c(C(F)(F)F)c2)CN(c2ccccc2)C(=O)N1. The minimum absolute atomic E-state index is 0.00405. The number of halogens is 3. The van der Waals surface area contributed by atoms with Crippen molar-refractivity contribution in [2.24, 2.45) is 0 Å². The van der Waals surface area contributed by atoms with Gasteiger partial charge in [-0.2, -0.15) is 18.4 Å². The summed E-state index contributed by atoms with van der Waals surface area (Å²) in [5.41, 5.74) is -2.56. The summed E-state index contributed by atoms with van der Waals surface area (Å²) in [5.74, 6) is -0.669. The Balaban J connectivity index is 1.82. The molecule has 1 fully saturated rings. The molecule has 28 heavy (non-hydrogen) atoms. The lowest BCUT2D eigenvalue weighted by molar-refractivity contribution is -0.137. The van der Waals surface area contributed by atoms with Gasteiger partial charge in [-0.1, -0.05) is 18.2 Å². The Labute approximate surface area is 158 Å². The van der Waals surface area contributed by atoms with Gasteiger partial charge in [-0.15, -0.1) is 0 Å². The summed E-state index contributed by atoms with van der Waals surface area (Å²) < 4.78 is 39.3. The van der Waals surface area contributed by atoms with Gasteiger partial charge in [-0.05, 0) is 37.3 Å². The molecule has 1 unspecified atom stereocenters. The third-order valence-electron chi connectivity index (χ3n) is 4.37. The third kappa shape index (κ3) is 3.62. The highest BCUT2D eigenvalue weighted by Crippen LogP contribution is 2.34. The van der Waals surface area contributed by atoms with Crippen molar-refractivity contribution < 1.29 is 22.8 Å². The largest absolute Gasteiger partial charge is 0.417 e. The van der Waals surface area contributed by atoms with Crippen molar-refractivity contribution in [1.82, 2.24) is 5.32 Å². The molecule has 9 heteroatoms. The molecule has 3 amide bonds.